The fourth-order valence-corrected chi connectivity index (χ4v) is 10.9. The quantitative estimate of drug-likeness (QED) is 0.0446. The van der Waals surface area contributed by atoms with E-state index in [2.05, 4.69) is 165 Å². The number of amides is 1. The molecule has 0 fully saturated rings. The van der Waals surface area contributed by atoms with Gasteiger partial charge in [0.05, 0.1) is 24.6 Å². The minimum atomic E-state index is -0.910. The van der Waals surface area contributed by atoms with Crippen molar-refractivity contribution in [3.8, 4) is 6.07 Å². The van der Waals surface area contributed by atoms with E-state index in [0.29, 0.717) is 5.69 Å². The number of likely N-dealkylation sites (N-methyl/N-ethyl adjacent to an activating group) is 1. The number of nitriles is 1. The number of aliphatic carboxylic acids is 2. The second-order valence-corrected chi connectivity index (χ2v) is 20.4. The first-order valence-corrected chi connectivity index (χ1v) is 25.0. The van der Waals surface area contributed by atoms with Crippen molar-refractivity contribution in [2.75, 3.05) is 39.7 Å². The molecule has 0 saturated carbocycles. The van der Waals surface area contributed by atoms with Crippen LogP contribution in [0.25, 0.3) is 27.6 Å². The summed E-state index contributed by atoms with van der Waals surface area (Å²) < 4.78 is 0. The Labute approximate surface area is 433 Å². The zero-order valence-electron chi connectivity index (χ0n) is 43.0. The van der Waals surface area contributed by atoms with Gasteiger partial charge in [-0.25, -0.2) is 0 Å². The molecule has 7 aromatic rings. The molecule has 0 spiro atoms. The molecule has 9 rings (SSSR count). The first-order chi connectivity index (χ1) is 35.5. The summed E-state index contributed by atoms with van der Waals surface area (Å²) in [6.45, 7) is 13.3. The second kappa shape index (κ2) is 20.4. The van der Waals surface area contributed by atoms with Crippen LogP contribution in [0.1, 0.15) is 68.4 Å². The van der Waals surface area contributed by atoms with E-state index in [0.717, 1.165) is 72.4 Å². The van der Waals surface area contributed by atoms with Crippen molar-refractivity contribution >= 4 is 79.6 Å². The van der Waals surface area contributed by atoms with E-state index in [-0.39, 0.29) is 37.5 Å². The van der Waals surface area contributed by atoms with E-state index in [1.807, 2.05) is 60.7 Å². The monoisotopic (exact) mass is 979 g/mol. The number of fused-ring (bicyclic) bond motifs is 7. The average molecular weight is 980 g/mol. The van der Waals surface area contributed by atoms with E-state index in [4.69, 9.17) is 0 Å². The highest BCUT2D eigenvalue weighted by molar-refractivity contribution is 6.17. The van der Waals surface area contributed by atoms with Gasteiger partial charge in [0, 0.05) is 70.5 Å². The maximum atomic E-state index is 14.0. The molecule has 0 saturated heterocycles. The van der Waals surface area contributed by atoms with E-state index in [1.54, 1.807) is 13.1 Å². The second-order valence-electron chi connectivity index (χ2n) is 20.4. The molecular weight excluding hydrogens is 919 g/mol. The largest absolute Gasteiger partial charge is 0.481 e. The molecule has 2 heterocycles. The minimum Gasteiger partial charge on any atom is -0.481 e. The molecule has 74 heavy (non-hydrogen) atoms. The number of rotatable bonds is 15. The van der Waals surface area contributed by atoms with E-state index in [9.17, 15) is 29.9 Å². The van der Waals surface area contributed by atoms with Crippen LogP contribution >= 0.6 is 0 Å². The summed E-state index contributed by atoms with van der Waals surface area (Å²) in [6.07, 6.45) is 11.2. The number of hydrogen-bond donors (Lipinski definition) is 2. The van der Waals surface area contributed by atoms with Gasteiger partial charge in [-0.1, -0.05) is 148 Å². The summed E-state index contributed by atoms with van der Waals surface area (Å²) in [5.74, 6) is -2.25. The molecule has 2 aliphatic rings. The van der Waals surface area contributed by atoms with Crippen LogP contribution in [0.5, 0.6) is 0 Å². The topological polar surface area (TPSA) is 128 Å². The van der Waals surface area contributed by atoms with Crippen LogP contribution in [0.15, 0.2) is 181 Å². The summed E-state index contributed by atoms with van der Waals surface area (Å²) in [5, 5.41) is 34.5. The number of benzene rings is 7. The van der Waals surface area contributed by atoms with E-state index in [1.165, 1.54) is 22.1 Å². The molecule has 372 valence electrons. The Bertz CT molecular complexity index is 3440. The Kier molecular flexibility index (Phi) is 13.9. The smallest absolute Gasteiger partial charge is 0.305 e. The zero-order valence-corrected chi connectivity index (χ0v) is 43.0. The number of carbonyl (C=O) groups is 3. The fraction of sp³-hybridized carbons (Fsp3) is 0.219. The van der Waals surface area contributed by atoms with Gasteiger partial charge in [0.2, 0.25) is 0 Å². The Morgan fingerprint density at radius 2 is 1.20 bits per heavy atom. The summed E-state index contributed by atoms with van der Waals surface area (Å²) in [5.41, 5.74) is 10.8. The highest BCUT2D eigenvalue weighted by Gasteiger charge is 2.45. The number of hydrogen-bond acceptors (Lipinski definition) is 7. The van der Waals surface area contributed by atoms with Crippen molar-refractivity contribution in [1.29, 1.82) is 5.26 Å². The predicted molar refractivity (Wildman–Crippen MR) is 301 cm³/mol. The Morgan fingerprint density at radius 3 is 1.78 bits per heavy atom. The summed E-state index contributed by atoms with van der Waals surface area (Å²) in [4.78, 5) is 46.2. The average Bonchev–Trinajstić information content (AvgIpc) is 3.75. The molecule has 2 aliphatic heterocycles. The maximum Gasteiger partial charge on any atom is 0.305 e. The Morgan fingerprint density at radius 1 is 0.676 bits per heavy atom. The lowest BCUT2D eigenvalue weighted by molar-refractivity contribution is -0.137. The van der Waals surface area contributed by atoms with Crippen LogP contribution in [0, 0.1) is 25.2 Å². The van der Waals surface area contributed by atoms with Crippen LogP contribution in [0.2, 0.25) is 0 Å². The molecular formula is C64H61N5O5. The van der Waals surface area contributed by atoms with Gasteiger partial charge in [-0.05, 0) is 113 Å². The SMILES string of the molecule is Cc1ccc(N(c2ccc(C)cc2)c2ccc(C=CC=C(C#N)C(=O)N(C)c3ccc4c(c3)C(C)(C)C(C=CC=C3N(CCC(=O)O)c5c(c6ccccc6c6ccccc56)C3(C)C)N4CCC(=O)O)cc2)cc1. The molecule has 0 radical (unpaired) electrons. The number of nitrogens with zero attached hydrogens (tertiary/aromatic N) is 5. The molecule has 1 atom stereocenters. The van der Waals surface area contributed by atoms with Gasteiger partial charge in [0.25, 0.3) is 5.91 Å². The third-order valence-electron chi connectivity index (χ3n) is 14.8. The van der Waals surface area contributed by atoms with Crippen LogP contribution in [-0.4, -0.2) is 54.2 Å². The number of carboxylic acids is 2. The van der Waals surface area contributed by atoms with Crippen molar-refractivity contribution in [2.24, 2.45) is 0 Å². The standard InChI is InChI=1S/C64H61N5O5/c1-42-22-28-46(29-23-42)69(47-30-24-43(2)25-31-47)48-32-26-44(27-33-48)14-12-15-45(41-65)62(74)66(7)49-34-35-55-54(40-49)63(3,4)56(67(55)38-36-58(70)71)20-13-21-57-64(5,6)60-52-18-10-8-16-50(52)51-17-9-11-19-53(51)61(60)68(57)39-37-59(72)73/h8-35,40,56H,36-39H2,1-7H3,(H,70,71)(H,72,73). The molecule has 1 amide bonds. The first kappa shape index (κ1) is 50.3. The Hall–Kier alpha value is -8.68. The lowest BCUT2D eigenvalue weighted by Crippen LogP contribution is -2.41. The van der Waals surface area contributed by atoms with Crippen molar-refractivity contribution in [3.05, 3.63) is 209 Å². The van der Waals surface area contributed by atoms with Crippen molar-refractivity contribution in [3.63, 3.8) is 0 Å². The first-order valence-electron chi connectivity index (χ1n) is 25.0. The minimum absolute atomic E-state index is 0.0302. The van der Waals surface area contributed by atoms with Crippen LogP contribution in [-0.2, 0) is 25.2 Å². The van der Waals surface area contributed by atoms with Gasteiger partial charge >= 0.3 is 11.9 Å². The maximum absolute atomic E-state index is 14.0. The third kappa shape index (κ3) is 9.57. The van der Waals surface area contributed by atoms with Crippen molar-refractivity contribution < 1.29 is 24.6 Å². The molecule has 1 unspecified atom stereocenters. The van der Waals surface area contributed by atoms with Crippen LogP contribution in [0.3, 0.4) is 0 Å². The molecule has 0 aliphatic carbocycles. The van der Waals surface area contributed by atoms with E-state index < -0.39 is 28.7 Å². The summed E-state index contributed by atoms with van der Waals surface area (Å²) in [7, 11) is 1.66. The number of carboxylic acid groups (broad SMARTS) is 2. The van der Waals surface area contributed by atoms with Gasteiger partial charge < -0.3 is 29.8 Å². The molecule has 10 heteroatoms. The molecule has 7 aromatic carbocycles. The highest BCUT2D eigenvalue weighted by atomic mass is 16.4. The molecule has 0 aromatic heterocycles. The summed E-state index contributed by atoms with van der Waals surface area (Å²) in [6, 6.07) is 49.3. The number of carbonyl (C=O) groups excluding carboxylic acids is 1. The fourth-order valence-electron chi connectivity index (χ4n) is 10.9. The Balaban J connectivity index is 0.976. The lowest BCUT2D eigenvalue weighted by atomic mass is 9.79. The molecule has 0 bridgehead atoms. The summed E-state index contributed by atoms with van der Waals surface area (Å²) >= 11 is 0. The number of anilines is 6. The van der Waals surface area contributed by atoms with Crippen molar-refractivity contribution in [2.45, 2.75) is 71.3 Å². The molecule has 10 nitrogen and oxygen atoms in total. The normalized spacial score (nSPS) is 16.3. The lowest BCUT2D eigenvalue weighted by Gasteiger charge is -2.32. The number of allylic oxidation sites excluding steroid dienone is 5. The van der Waals surface area contributed by atoms with Crippen molar-refractivity contribution in [1.82, 2.24) is 0 Å². The van der Waals surface area contributed by atoms with Gasteiger partial charge in [0.1, 0.15) is 11.6 Å². The predicted octanol–water partition coefficient (Wildman–Crippen LogP) is 13.9. The molecule has 2 N–H and O–H groups in total. The zero-order chi connectivity index (χ0) is 52.5. The third-order valence-corrected chi connectivity index (χ3v) is 14.8. The van der Waals surface area contributed by atoms with Crippen LogP contribution < -0.4 is 19.6 Å². The van der Waals surface area contributed by atoms with Gasteiger partial charge in [0.15, 0.2) is 0 Å². The van der Waals surface area contributed by atoms with Gasteiger partial charge in [-0.15, -0.1) is 0 Å². The highest BCUT2D eigenvalue weighted by Crippen LogP contribution is 2.55. The van der Waals surface area contributed by atoms with Gasteiger partial charge in [-0.2, -0.15) is 5.26 Å². The van der Waals surface area contributed by atoms with Gasteiger partial charge in [-0.3, -0.25) is 14.4 Å². The van der Waals surface area contributed by atoms with E-state index >= 15 is 0 Å². The number of aryl methyl sites for hydroxylation is 2. The van der Waals surface area contributed by atoms with Crippen LogP contribution in [0.4, 0.5) is 34.1 Å².